The number of aryl methyl sites for hydroxylation is 1. The highest BCUT2D eigenvalue weighted by Gasteiger charge is 2.07. The summed E-state index contributed by atoms with van der Waals surface area (Å²) in [6, 6.07) is 7.97. The van der Waals surface area contributed by atoms with Gasteiger partial charge in [0.25, 0.3) is 0 Å². The summed E-state index contributed by atoms with van der Waals surface area (Å²) in [6.07, 6.45) is 2.00. The van der Waals surface area contributed by atoms with E-state index in [2.05, 4.69) is 10.3 Å². The molecule has 1 heterocycles. The Morgan fingerprint density at radius 1 is 1.25 bits per heavy atom. The fourth-order valence-electron chi connectivity index (χ4n) is 1.95. The van der Waals surface area contributed by atoms with Gasteiger partial charge < -0.3 is 14.8 Å². The van der Waals surface area contributed by atoms with Crippen molar-refractivity contribution >= 4 is 5.95 Å². The zero-order chi connectivity index (χ0) is 14.4. The maximum Gasteiger partial charge on any atom is 0.207 e. The van der Waals surface area contributed by atoms with Crippen molar-refractivity contribution < 1.29 is 9.47 Å². The van der Waals surface area contributed by atoms with Crippen LogP contribution in [0.15, 0.2) is 30.5 Å². The number of nitrogens with zero attached hydrogens (tertiary/aromatic N) is 2. The van der Waals surface area contributed by atoms with E-state index >= 15 is 0 Å². The molecule has 0 aliphatic rings. The number of nitrogens with one attached hydrogen (secondary N) is 1. The van der Waals surface area contributed by atoms with Gasteiger partial charge in [0.1, 0.15) is 5.75 Å². The van der Waals surface area contributed by atoms with Crippen molar-refractivity contribution in [1.82, 2.24) is 9.55 Å². The Morgan fingerprint density at radius 3 is 2.65 bits per heavy atom. The number of hydrogen-bond acceptors (Lipinski definition) is 4. The number of methoxy groups -OCH3 is 1. The quantitative estimate of drug-likeness (QED) is 0.789. The predicted octanol–water partition coefficient (Wildman–Crippen LogP) is 2.64. The zero-order valence-electron chi connectivity index (χ0n) is 12.2. The number of rotatable bonds is 7. The van der Waals surface area contributed by atoms with E-state index in [0.717, 1.165) is 29.6 Å². The molecule has 0 spiro atoms. The van der Waals surface area contributed by atoms with Crippen LogP contribution in [0.1, 0.15) is 12.6 Å². The van der Waals surface area contributed by atoms with Crippen LogP contribution in [-0.4, -0.2) is 36.4 Å². The highest BCUT2D eigenvalue weighted by Crippen LogP contribution is 2.19. The molecule has 0 atom stereocenters. The summed E-state index contributed by atoms with van der Waals surface area (Å²) in [7, 11) is 1.69. The van der Waals surface area contributed by atoms with Crippen molar-refractivity contribution in [1.29, 1.82) is 0 Å². The van der Waals surface area contributed by atoms with Gasteiger partial charge in [-0.25, -0.2) is 4.98 Å². The number of hydrogen-bond donors (Lipinski definition) is 1. The second kappa shape index (κ2) is 6.96. The van der Waals surface area contributed by atoms with Crippen molar-refractivity contribution in [3.05, 3.63) is 36.2 Å². The minimum Gasteiger partial charge on any atom is -0.494 e. The lowest BCUT2D eigenvalue weighted by Gasteiger charge is -2.10. The molecule has 2 rings (SSSR count). The average Bonchev–Trinajstić information content (AvgIpc) is 2.81. The van der Waals surface area contributed by atoms with E-state index in [-0.39, 0.29) is 0 Å². The molecule has 0 amide bonds. The summed E-state index contributed by atoms with van der Waals surface area (Å²) < 4.78 is 12.5. The molecule has 108 valence electrons. The summed E-state index contributed by atoms with van der Waals surface area (Å²) in [5.41, 5.74) is 2.02. The topological polar surface area (TPSA) is 48.3 Å². The van der Waals surface area contributed by atoms with Crippen LogP contribution in [0.3, 0.4) is 0 Å². The number of benzene rings is 1. The second-order valence-electron chi connectivity index (χ2n) is 4.42. The monoisotopic (exact) mass is 275 g/mol. The molecule has 0 unspecified atom stereocenters. The summed E-state index contributed by atoms with van der Waals surface area (Å²) in [5.74, 6) is 1.70. The van der Waals surface area contributed by atoms with Gasteiger partial charge in [0, 0.05) is 25.5 Å². The Kier molecular flexibility index (Phi) is 5.01. The molecule has 0 aliphatic carbocycles. The van der Waals surface area contributed by atoms with Crippen LogP contribution >= 0.6 is 0 Å². The second-order valence-corrected chi connectivity index (χ2v) is 4.42. The SMILES string of the molecule is CCOc1ccc(-n2cc(C)nc2NCCOC)cc1. The Bertz CT molecular complexity index is 535. The Morgan fingerprint density at radius 2 is 2.00 bits per heavy atom. The maximum absolute atomic E-state index is 5.45. The van der Waals surface area contributed by atoms with Crippen LogP contribution in [0.5, 0.6) is 5.75 Å². The summed E-state index contributed by atoms with van der Waals surface area (Å²) in [4.78, 5) is 4.48. The van der Waals surface area contributed by atoms with Gasteiger partial charge in [0.2, 0.25) is 5.95 Å². The number of ether oxygens (including phenoxy) is 2. The third kappa shape index (κ3) is 3.51. The number of aromatic nitrogens is 2. The Hall–Kier alpha value is -2.01. The number of imidazole rings is 1. The minimum absolute atomic E-state index is 0.648. The van der Waals surface area contributed by atoms with Gasteiger partial charge in [0.05, 0.1) is 18.9 Å². The molecule has 1 aromatic heterocycles. The van der Waals surface area contributed by atoms with Crippen LogP contribution in [0.2, 0.25) is 0 Å². The van der Waals surface area contributed by atoms with E-state index < -0.39 is 0 Å². The molecule has 0 saturated heterocycles. The van der Waals surface area contributed by atoms with Gasteiger partial charge in [-0.15, -0.1) is 0 Å². The van der Waals surface area contributed by atoms with Gasteiger partial charge in [-0.1, -0.05) is 0 Å². The maximum atomic E-state index is 5.45. The highest BCUT2D eigenvalue weighted by molar-refractivity contribution is 5.45. The van der Waals surface area contributed by atoms with Crippen LogP contribution < -0.4 is 10.1 Å². The fraction of sp³-hybridized carbons (Fsp3) is 0.400. The van der Waals surface area contributed by atoms with E-state index in [1.807, 2.05) is 48.9 Å². The highest BCUT2D eigenvalue weighted by atomic mass is 16.5. The normalized spacial score (nSPS) is 10.6. The van der Waals surface area contributed by atoms with E-state index in [9.17, 15) is 0 Å². The van der Waals surface area contributed by atoms with E-state index in [1.54, 1.807) is 7.11 Å². The van der Waals surface area contributed by atoms with Crippen LogP contribution in [-0.2, 0) is 4.74 Å². The van der Waals surface area contributed by atoms with Gasteiger partial charge >= 0.3 is 0 Å². The third-order valence-corrected chi connectivity index (χ3v) is 2.84. The molecular formula is C15H21N3O2. The van der Waals surface area contributed by atoms with Gasteiger partial charge in [0.15, 0.2) is 0 Å². The molecule has 5 heteroatoms. The lowest BCUT2D eigenvalue weighted by atomic mass is 10.3. The van der Waals surface area contributed by atoms with Crippen LogP contribution in [0.25, 0.3) is 5.69 Å². The molecule has 0 saturated carbocycles. The molecule has 1 N–H and O–H groups in total. The molecule has 20 heavy (non-hydrogen) atoms. The summed E-state index contributed by atoms with van der Waals surface area (Å²) in [5, 5.41) is 3.27. The van der Waals surface area contributed by atoms with Crippen LogP contribution in [0.4, 0.5) is 5.95 Å². The zero-order valence-corrected chi connectivity index (χ0v) is 12.2. The summed E-state index contributed by atoms with van der Waals surface area (Å²) in [6.45, 7) is 6.00. The average molecular weight is 275 g/mol. The fourth-order valence-corrected chi connectivity index (χ4v) is 1.95. The van der Waals surface area contributed by atoms with Crippen molar-refractivity contribution in [2.75, 3.05) is 32.2 Å². The van der Waals surface area contributed by atoms with Crippen molar-refractivity contribution in [3.8, 4) is 11.4 Å². The van der Waals surface area contributed by atoms with Gasteiger partial charge in [-0.05, 0) is 38.1 Å². The smallest absolute Gasteiger partial charge is 0.207 e. The Labute approximate surface area is 119 Å². The molecule has 0 radical (unpaired) electrons. The third-order valence-electron chi connectivity index (χ3n) is 2.84. The van der Waals surface area contributed by atoms with E-state index in [0.29, 0.717) is 13.2 Å². The first-order valence-electron chi connectivity index (χ1n) is 6.76. The minimum atomic E-state index is 0.648. The van der Waals surface area contributed by atoms with Gasteiger partial charge in [-0.3, -0.25) is 4.57 Å². The number of anilines is 1. The first-order valence-corrected chi connectivity index (χ1v) is 6.76. The molecule has 0 bridgehead atoms. The molecule has 0 fully saturated rings. The van der Waals surface area contributed by atoms with Crippen molar-refractivity contribution in [3.63, 3.8) is 0 Å². The first kappa shape index (κ1) is 14.4. The van der Waals surface area contributed by atoms with Crippen molar-refractivity contribution in [2.45, 2.75) is 13.8 Å². The van der Waals surface area contributed by atoms with E-state index in [4.69, 9.17) is 9.47 Å². The molecule has 0 aliphatic heterocycles. The lowest BCUT2D eigenvalue weighted by molar-refractivity contribution is 0.210. The lowest BCUT2D eigenvalue weighted by Crippen LogP contribution is -2.11. The molecule has 5 nitrogen and oxygen atoms in total. The van der Waals surface area contributed by atoms with Crippen LogP contribution in [0, 0.1) is 6.92 Å². The van der Waals surface area contributed by atoms with Crippen molar-refractivity contribution in [2.24, 2.45) is 0 Å². The molecular weight excluding hydrogens is 254 g/mol. The molecule has 1 aromatic carbocycles. The first-order chi connectivity index (χ1) is 9.74. The predicted molar refractivity (Wildman–Crippen MR) is 79.8 cm³/mol. The standard InChI is InChI=1S/C15H21N3O2/c1-4-20-14-7-5-13(6-8-14)18-11-12(2)17-15(18)16-9-10-19-3/h5-8,11H,4,9-10H2,1-3H3,(H,16,17). The van der Waals surface area contributed by atoms with E-state index in [1.165, 1.54) is 0 Å². The largest absolute Gasteiger partial charge is 0.494 e. The Balaban J connectivity index is 2.18. The van der Waals surface area contributed by atoms with Gasteiger partial charge in [-0.2, -0.15) is 0 Å². The summed E-state index contributed by atoms with van der Waals surface area (Å²) >= 11 is 0. The molecule has 2 aromatic rings.